The van der Waals surface area contributed by atoms with Crippen LogP contribution in [0.15, 0.2) is 30.5 Å². The maximum Gasteiger partial charge on any atom is 0.256 e. The molecule has 0 N–H and O–H groups in total. The molecule has 3 nitrogen and oxygen atoms in total. The second-order valence-electron chi connectivity index (χ2n) is 6.01. The molecule has 2 unspecified atom stereocenters. The molecule has 2 heterocycles. The topological polar surface area (TPSA) is 25.2 Å². The van der Waals surface area contributed by atoms with Gasteiger partial charge in [-0.05, 0) is 39.2 Å². The fourth-order valence-electron chi connectivity index (χ4n) is 3.47. The van der Waals surface area contributed by atoms with E-state index in [-0.39, 0.29) is 5.91 Å². The van der Waals surface area contributed by atoms with E-state index in [0.717, 1.165) is 29.3 Å². The molecule has 20 heavy (non-hydrogen) atoms. The van der Waals surface area contributed by atoms with Crippen LogP contribution in [0.3, 0.4) is 0 Å². The summed E-state index contributed by atoms with van der Waals surface area (Å²) in [6.07, 6.45) is 5.42. The number of carbonyl (C=O) groups is 1. The minimum absolute atomic E-state index is 0.182. The van der Waals surface area contributed by atoms with E-state index in [2.05, 4.69) is 24.8 Å². The van der Waals surface area contributed by atoms with Gasteiger partial charge in [-0.1, -0.05) is 18.2 Å². The summed E-state index contributed by atoms with van der Waals surface area (Å²) in [4.78, 5) is 15.0. The molecule has 1 saturated heterocycles. The summed E-state index contributed by atoms with van der Waals surface area (Å²) >= 11 is 0. The lowest BCUT2D eigenvalue weighted by Gasteiger charge is -2.39. The predicted octanol–water partition coefficient (Wildman–Crippen LogP) is 3.58. The minimum atomic E-state index is 0.182. The van der Waals surface area contributed by atoms with Crippen molar-refractivity contribution >= 4 is 16.8 Å². The summed E-state index contributed by atoms with van der Waals surface area (Å²) in [5.74, 6) is 0.182. The van der Waals surface area contributed by atoms with E-state index >= 15 is 0 Å². The van der Waals surface area contributed by atoms with E-state index < -0.39 is 0 Å². The van der Waals surface area contributed by atoms with E-state index in [4.69, 9.17) is 0 Å². The molecule has 1 aromatic heterocycles. The lowest BCUT2D eigenvalue weighted by atomic mass is 9.96. The molecular formula is C17H22N2O. The normalized spacial score (nSPS) is 23.2. The van der Waals surface area contributed by atoms with Crippen LogP contribution in [0.25, 0.3) is 10.9 Å². The third-order valence-electron chi connectivity index (χ3n) is 4.56. The molecule has 1 fully saturated rings. The number of hydrogen-bond acceptors (Lipinski definition) is 1. The zero-order valence-electron chi connectivity index (χ0n) is 12.5. The summed E-state index contributed by atoms with van der Waals surface area (Å²) in [6, 6.07) is 8.80. The van der Waals surface area contributed by atoms with Gasteiger partial charge in [-0.2, -0.15) is 0 Å². The number of hydrogen-bond donors (Lipinski definition) is 0. The molecule has 0 radical (unpaired) electrons. The van der Waals surface area contributed by atoms with Gasteiger partial charge < -0.3 is 9.47 Å². The second kappa shape index (κ2) is 4.97. The Morgan fingerprint density at radius 2 is 1.80 bits per heavy atom. The smallest absolute Gasteiger partial charge is 0.256 e. The molecule has 2 atom stereocenters. The zero-order valence-corrected chi connectivity index (χ0v) is 12.5. The van der Waals surface area contributed by atoms with Crippen molar-refractivity contribution in [1.29, 1.82) is 0 Å². The lowest BCUT2D eigenvalue weighted by molar-refractivity contribution is 0.0512. The number of fused-ring (bicyclic) bond motifs is 1. The molecule has 2 aromatic rings. The first-order valence-corrected chi connectivity index (χ1v) is 7.46. The highest BCUT2D eigenvalue weighted by molar-refractivity contribution is 6.07. The number of nitrogens with zero attached hydrogens (tertiary/aromatic N) is 2. The standard InChI is InChI=1S/C17H22N2O/c1-12-7-6-8-13(2)19(12)17(20)15-11-18(3)16-10-5-4-9-14(15)16/h4-5,9-13H,6-8H2,1-3H3. The van der Waals surface area contributed by atoms with E-state index in [1.54, 1.807) is 0 Å². The number of amides is 1. The van der Waals surface area contributed by atoms with Crippen molar-refractivity contribution in [2.75, 3.05) is 0 Å². The number of likely N-dealkylation sites (tertiary alicyclic amines) is 1. The first kappa shape index (κ1) is 13.2. The molecule has 3 rings (SSSR count). The Balaban J connectivity index is 2.04. The van der Waals surface area contributed by atoms with Crippen LogP contribution in [0.5, 0.6) is 0 Å². The molecule has 0 bridgehead atoms. The number of carbonyl (C=O) groups excluding carboxylic acids is 1. The summed E-state index contributed by atoms with van der Waals surface area (Å²) in [7, 11) is 2.00. The fraction of sp³-hybridized carbons (Fsp3) is 0.471. The van der Waals surface area contributed by atoms with Crippen molar-refractivity contribution in [3.63, 3.8) is 0 Å². The number of piperidine rings is 1. The average Bonchev–Trinajstić information content (AvgIpc) is 2.76. The van der Waals surface area contributed by atoms with Gasteiger partial charge in [-0.3, -0.25) is 4.79 Å². The molecule has 1 aromatic carbocycles. The van der Waals surface area contributed by atoms with Gasteiger partial charge in [0.25, 0.3) is 5.91 Å². The third-order valence-corrected chi connectivity index (χ3v) is 4.56. The summed E-state index contributed by atoms with van der Waals surface area (Å²) in [5.41, 5.74) is 1.96. The number of aromatic nitrogens is 1. The van der Waals surface area contributed by atoms with E-state index in [1.165, 1.54) is 6.42 Å². The van der Waals surface area contributed by atoms with Gasteiger partial charge in [0.2, 0.25) is 0 Å². The quantitative estimate of drug-likeness (QED) is 0.777. The lowest BCUT2D eigenvalue weighted by Crippen LogP contribution is -2.47. The van der Waals surface area contributed by atoms with E-state index in [0.29, 0.717) is 12.1 Å². The Bertz CT molecular complexity index is 633. The van der Waals surface area contributed by atoms with Crippen LogP contribution in [-0.2, 0) is 7.05 Å². The Hall–Kier alpha value is -1.77. The van der Waals surface area contributed by atoms with Crippen molar-refractivity contribution in [3.05, 3.63) is 36.0 Å². The van der Waals surface area contributed by atoms with Gasteiger partial charge >= 0.3 is 0 Å². The highest BCUT2D eigenvalue weighted by Gasteiger charge is 2.30. The molecule has 3 heteroatoms. The third kappa shape index (κ3) is 2.01. The molecule has 1 aliphatic rings. The largest absolute Gasteiger partial charge is 0.350 e. The van der Waals surface area contributed by atoms with Crippen molar-refractivity contribution < 1.29 is 4.79 Å². The molecule has 0 saturated carbocycles. The van der Waals surface area contributed by atoms with Crippen LogP contribution in [0, 0.1) is 0 Å². The monoisotopic (exact) mass is 270 g/mol. The van der Waals surface area contributed by atoms with Gasteiger partial charge in [0.05, 0.1) is 5.56 Å². The second-order valence-corrected chi connectivity index (χ2v) is 6.01. The van der Waals surface area contributed by atoms with E-state index in [1.807, 2.05) is 36.0 Å². The maximum absolute atomic E-state index is 13.0. The Kier molecular flexibility index (Phi) is 3.28. The highest BCUT2D eigenvalue weighted by Crippen LogP contribution is 2.28. The summed E-state index contributed by atoms with van der Waals surface area (Å²) in [6.45, 7) is 4.33. The van der Waals surface area contributed by atoms with Crippen molar-refractivity contribution in [1.82, 2.24) is 9.47 Å². The van der Waals surface area contributed by atoms with Crippen molar-refractivity contribution in [2.45, 2.75) is 45.2 Å². The van der Waals surface area contributed by atoms with Gasteiger partial charge in [0.15, 0.2) is 0 Å². The van der Waals surface area contributed by atoms with Gasteiger partial charge in [-0.25, -0.2) is 0 Å². The molecular weight excluding hydrogens is 248 g/mol. The molecule has 0 spiro atoms. The maximum atomic E-state index is 13.0. The van der Waals surface area contributed by atoms with Crippen LogP contribution >= 0.6 is 0 Å². The van der Waals surface area contributed by atoms with Gasteiger partial charge in [-0.15, -0.1) is 0 Å². The number of benzene rings is 1. The van der Waals surface area contributed by atoms with Gasteiger partial charge in [0.1, 0.15) is 0 Å². The minimum Gasteiger partial charge on any atom is -0.350 e. The Labute approximate surface area is 120 Å². The van der Waals surface area contributed by atoms with Crippen LogP contribution in [0.4, 0.5) is 0 Å². The Morgan fingerprint density at radius 1 is 1.15 bits per heavy atom. The van der Waals surface area contributed by atoms with Crippen molar-refractivity contribution in [2.24, 2.45) is 7.05 Å². The van der Waals surface area contributed by atoms with Crippen LogP contribution < -0.4 is 0 Å². The van der Waals surface area contributed by atoms with Gasteiger partial charge in [0, 0.05) is 36.2 Å². The fourth-order valence-corrected chi connectivity index (χ4v) is 3.47. The zero-order chi connectivity index (χ0) is 14.3. The Morgan fingerprint density at radius 3 is 2.50 bits per heavy atom. The van der Waals surface area contributed by atoms with Crippen molar-refractivity contribution in [3.8, 4) is 0 Å². The SMILES string of the molecule is CC1CCCC(C)N1C(=O)c1cn(C)c2ccccc12. The number of rotatable bonds is 1. The highest BCUT2D eigenvalue weighted by atomic mass is 16.2. The molecule has 1 aliphatic heterocycles. The van der Waals surface area contributed by atoms with Crippen LogP contribution in [0.1, 0.15) is 43.5 Å². The predicted molar refractivity (Wildman–Crippen MR) is 81.9 cm³/mol. The molecule has 106 valence electrons. The number of para-hydroxylation sites is 1. The summed E-state index contributed by atoms with van der Waals surface area (Å²) in [5, 5.41) is 1.06. The number of aryl methyl sites for hydroxylation is 1. The van der Waals surface area contributed by atoms with E-state index in [9.17, 15) is 4.79 Å². The summed E-state index contributed by atoms with van der Waals surface area (Å²) < 4.78 is 2.04. The van der Waals surface area contributed by atoms with Crippen LogP contribution in [0.2, 0.25) is 0 Å². The molecule has 1 amide bonds. The molecule has 0 aliphatic carbocycles. The first-order valence-electron chi connectivity index (χ1n) is 7.46. The van der Waals surface area contributed by atoms with Crippen LogP contribution in [-0.4, -0.2) is 27.5 Å². The average molecular weight is 270 g/mol. The first-order chi connectivity index (χ1) is 9.59.